The van der Waals surface area contributed by atoms with Crippen LogP contribution in [-0.2, 0) is 9.53 Å². The molecule has 2 aromatic heterocycles. The first kappa shape index (κ1) is 12.2. The molecule has 7 heteroatoms. The molecule has 1 aliphatic rings. The number of imidazole rings is 1. The molecule has 1 N–H and O–H groups in total. The summed E-state index contributed by atoms with van der Waals surface area (Å²) in [5.74, 6) is -0.134. The Morgan fingerprint density at radius 1 is 1.47 bits per heavy atom. The van der Waals surface area contributed by atoms with Gasteiger partial charge in [0.15, 0.2) is 10.8 Å². The molecule has 19 heavy (non-hydrogen) atoms. The highest BCUT2D eigenvalue weighted by molar-refractivity contribution is 7.15. The van der Waals surface area contributed by atoms with Crippen LogP contribution in [0.2, 0.25) is 0 Å². The average molecular weight is 279 g/mol. The molecule has 0 radical (unpaired) electrons. The van der Waals surface area contributed by atoms with E-state index in [-0.39, 0.29) is 0 Å². The number of carbonyl (C=O) groups is 1. The van der Waals surface area contributed by atoms with Gasteiger partial charge in [0.05, 0.1) is 18.9 Å². The van der Waals surface area contributed by atoms with Crippen LogP contribution in [0.1, 0.15) is 5.69 Å². The summed E-state index contributed by atoms with van der Waals surface area (Å²) < 4.78 is 7.24. The molecule has 1 aliphatic heterocycles. The van der Waals surface area contributed by atoms with Crippen LogP contribution in [0.3, 0.4) is 0 Å². The Balaban J connectivity index is 2.04. The van der Waals surface area contributed by atoms with Gasteiger partial charge >= 0.3 is 5.97 Å². The molecule has 6 nitrogen and oxygen atoms in total. The lowest BCUT2D eigenvalue weighted by Gasteiger charge is -2.27. The fraction of sp³-hybridized carbons (Fsp3) is 0.333. The second-order valence-electron chi connectivity index (χ2n) is 4.15. The molecule has 0 unspecified atom stereocenters. The summed E-state index contributed by atoms with van der Waals surface area (Å²) >= 11 is 1.53. The number of hydrogen-bond donors (Lipinski definition) is 1. The summed E-state index contributed by atoms with van der Waals surface area (Å²) in [4.78, 5) is 18.3. The van der Waals surface area contributed by atoms with Crippen LogP contribution < -0.4 is 4.90 Å². The van der Waals surface area contributed by atoms with Gasteiger partial charge in [0.1, 0.15) is 0 Å². The fourth-order valence-electron chi connectivity index (χ4n) is 2.10. The number of aliphatic carboxylic acids is 1. The van der Waals surface area contributed by atoms with E-state index in [1.807, 2.05) is 16.0 Å². The first-order valence-electron chi connectivity index (χ1n) is 5.95. The van der Waals surface area contributed by atoms with E-state index in [1.54, 1.807) is 6.08 Å². The summed E-state index contributed by atoms with van der Waals surface area (Å²) in [5, 5.41) is 10.7. The van der Waals surface area contributed by atoms with Crippen molar-refractivity contribution in [1.29, 1.82) is 0 Å². The molecule has 1 saturated heterocycles. The molecule has 3 heterocycles. The summed E-state index contributed by atoms with van der Waals surface area (Å²) in [6.07, 6.45) is 4.64. The van der Waals surface area contributed by atoms with Crippen molar-refractivity contribution in [2.24, 2.45) is 0 Å². The Morgan fingerprint density at radius 2 is 2.26 bits per heavy atom. The Hall–Kier alpha value is -1.86. The number of ether oxygens (including phenoxy) is 1. The third-order valence-corrected chi connectivity index (χ3v) is 3.73. The number of fused-ring (bicyclic) bond motifs is 1. The maximum Gasteiger partial charge on any atom is 0.328 e. The Morgan fingerprint density at radius 3 is 3.00 bits per heavy atom. The van der Waals surface area contributed by atoms with Crippen molar-refractivity contribution in [3.63, 3.8) is 0 Å². The van der Waals surface area contributed by atoms with E-state index in [0.717, 1.165) is 35.6 Å². The second-order valence-corrected chi connectivity index (χ2v) is 5.02. The van der Waals surface area contributed by atoms with E-state index in [9.17, 15) is 4.79 Å². The number of aromatic nitrogens is 2. The molecule has 0 saturated carbocycles. The van der Waals surface area contributed by atoms with Gasteiger partial charge < -0.3 is 14.7 Å². The zero-order chi connectivity index (χ0) is 13.2. The van der Waals surface area contributed by atoms with Gasteiger partial charge in [-0.15, -0.1) is 11.3 Å². The Kier molecular flexibility index (Phi) is 3.22. The van der Waals surface area contributed by atoms with Crippen molar-refractivity contribution in [2.75, 3.05) is 31.2 Å². The number of thiazole rings is 1. The number of hydrogen-bond acceptors (Lipinski definition) is 5. The fourth-order valence-corrected chi connectivity index (χ4v) is 2.82. The molecule has 0 aromatic carbocycles. The van der Waals surface area contributed by atoms with Crippen molar-refractivity contribution in [3.8, 4) is 0 Å². The zero-order valence-electron chi connectivity index (χ0n) is 10.2. The van der Waals surface area contributed by atoms with Crippen LogP contribution in [0, 0.1) is 0 Å². The van der Waals surface area contributed by atoms with Gasteiger partial charge in [-0.25, -0.2) is 9.78 Å². The van der Waals surface area contributed by atoms with E-state index in [4.69, 9.17) is 9.84 Å². The SMILES string of the molecule is O=C(O)C=Cc1c(N2CCOCC2)nc2sccn12. The number of rotatable bonds is 3. The van der Waals surface area contributed by atoms with E-state index in [0.29, 0.717) is 13.2 Å². The van der Waals surface area contributed by atoms with Crippen LogP contribution >= 0.6 is 11.3 Å². The molecule has 0 aliphatic carbocycles. The molecule has 0 amide bonds. The minimum atomic E-state index is -0.960. The van der Waals surface area contributed by atoms with Crippen molar-refractivity contribution in [3.05, 3.63) is 23.3 Å². The van der Waals surface area contributed by atoms with Gasteiger partial charge in [-0.2, -0.15) is 0 Å². The maximum absolute atomic E-state index is 10.7. The quantitative estimate of drug-likeness (QED) is 0.859. The lowest BCUT2D eigenvalue weighted by molar-refractivity contribution is -0.131. The lowest BCUT2D eigenvalue weighted by Crippen LogP contribution is -2.36. The van der Waals surface area contributed by atoms with Crippen molar-refractivity contribution in [1.82, 2.24) is 9.38 Å². The summed E-state index contributed by atoms with van der Waals surface area (Å²) in [7, 11) is 0. The normalized spacial score (nSPS) is 16.5. The van der Waals surface area contributed by atoms with Gasteiger partial charge in [-0.05, 0) is 6.08 Å². The highest BCUT2D eigenvalue weighted by Gasteiger charge is 2.19. The average Bonchev–Trinajstić information content (AvgIpc) is 2.98. The predicted molar refractivity (Wildman–Crippen MR) is 72.8 cm³/mol. The van der Waals surface area contributed by atoms with E-state index < -0.39 is 5.97 Å². The molecule has 2 aromatic rings. The number of carboxylic acid groups (broad SMARTS) is 1. The molecule has 0 bridgehead atoms. The topological polar surface area (TPSA) is 67.1 Å². The van der Waals surface area contributed by atoms with Gasteiger partial charge in [0.2, 0.25) is 0 Å². The minimum absolute atomic E-state index is 0.674. The molecular weight excluding hydrogens is 266 g/mol. The number of morpholine rings is 1. The van der Waals surface area contributed by atoms with Crippen LogP contribution in [0.4, 0.5) is 5.82 Å². The van der Waals surface area contributed by atoms with E-state index >= 15 is 0 Å². The number of carboxylic acids is 1. The lowest BCUT2D eigenvalue weighted by atomic mass is 10.3. The highest BCUT2D eigenvalue weighted by atomic mass is 32.1. The third kappa shape index (κ3) is 2.34. The predicted octanol–water partition coefficient (Wildman–Crippen LogP) is 1.33. The van der Waals surface area contributed by atoms with Gasteiger partial charge in [-0.3, -0.25) is 4.40 Å². The molecule has 3 rings (SSSR count). The van der Waals surface area contributed by atoms with Gasteiger partial charge in [0.25, 0.3) is 0 Å². The van der Waals surface area contributed by atoms with Gasteiger partial charge in [-0.1, -0.05) is 0 Å². The summed E-state index contributed by atoms with van der Waals surface area (Å²) in [6.45, 7) is 2.90. The summed E-state index contributed by atoms with van der Waals surface area (Å²) in [6, 6.07) is 0. The first-order valence-corrected chi connectivity index (χ1v) is 6.83. The van der Waals surface area contributed by atoms with E-state index in [2.05, 4.69) is 9.88 Å². The molecular formula is C12H13N3O3S. The summed E-state index contributed by atoms with van der Waals surface area (Å²) in [5.41, 5.74) is 0.806. The maximum atomic E-state index is 10.7. The third-order valence-electron chi connectivity index (χ3n) is 2.97. The molecule has 100 valence electrons. The van der Waals surface area contributed by atoms with Crippen molar-refractivity contribution in [2.45, 2.75) is 0 Å². The molecule has 1 fully saturated rings. The zero-order valence-corrected chi connectivity index (χ0v) is 11.0. The Bertz CT molecular complexity index is 625. The van der Waals surface area contributed by atoms with E-state index in [1.165, 1.54) is 11.3 Å². The second kappa shape index (κ2) is 5.02. The number of anilines is 1. The standard InChI is InChI=1S/C12H13N3O3S/c16-10(17)2-1-9-11(14-3-6-18-7-4-14)13-12-15(9)5-8-19-12/h1-2,5,8H,3-4,6-7H2,(H,16,17). The highest BCUT2D eigenvalue weighted by Crippen LogP contribution is 2.26. The van der Waals surface area contributed by atoms with Crippen LogP contribution in [0.5, 0.6) is 0 Å². The van der Waals surface area contributed by atoms with Crippen molar-refractivity contribution < 1.29 is 14.6 Å². The minimum Gasteiger partial charge on any atom is -0.478 e. The number of nitrogens with zero attached hydrogens (tertiary/aromatic N) is 3. The van der Waals surface area contributed by atoms with Crippen molar-refractivity contribution >= 4 is 34.2 Å². The first-order chi connectivity index (χ1) is 9.25. The molecule has 0 spiro atoms. The van der Waals surface area contributed by atoms with Crippen LogP contribution in [-0.4, -0.2) is 46.8 Å². The monoisotopic (exact) mass is 279 g/mol. The van der Waals surface area contributed by atoms with Gasteiger partial charge in [0, 0.05) is 30.7 Å². The smallest absolute Gasteiger partial charge is 0.328 e. The molecule has 0 atom stereocenters. The van der Waals surface area contributed by atoms with Crippen LogP contribution in [0.15, 0.2) is 17.7 Å². The largest absolute Gasteiger partial charge is 0.478 e. The Labute approximate surface area is 113 Å². The van der Waals surface area contributed by atoms with Crippen LogP contribution in [0.25, 0.3) is 11.0 Å².